The molecule has 3 nitrogen and oxygen atoms in total. The Labute approximate surface area is 153 Å². The first-order valence-corrected chi connectivity index (χ1v) is 8.68. The van der Waals surface area contributed by atoms with E-state index < -0.39 is 17.5 Å². The Morgan fingerprint density at radius 1 is 1.28 bits per heavy atom. The lowest BCUT2D eigenvalue weighted by atomic mass is 9.98. The number of nitrogens with zero attached hydrogens (tertiary/aromatic N) is 2. The molecule has 0 aliphatic carbocycles. The molecule has 0 aliphatic rings. The number of rotatable bonds is 4. The van der Waals surface area contributed by atoms with E-state index in [1.165, 1.54) is 23.5 Å². The summed E-state index contributed by atoms with van der Waals surface area (Å²) in [6, 6.07) is 13.6. The Bertz CT molecular complexity index is 973. The Morgan fingerprint density at radius 3 is 2.72 bits per heavy atom. The molecule has 25 heavy (non-hydrogen) atoms. The van der Waals surface area contributed by atoms with Crippen molar-refractivity contribution in [3.63, 3.8) is 0 Å². The van der Waals surface area contributed by atoms with E-state index in [4.69, 9.17) is 11.6 Å². The number of carbonyl (C=O) groups excluding carboxylic acids is 1. The topological polar surface area (TPSA) is 53.8 Å². The number of hydrogen-bond acceptors (Lipinski definition) is 4. The quantitative estimate of drug-likeness (QED) is 0.577. The maximum atomic E-state index is 14.0. The second kappa shape index (κ2) is 7.14. The lowest BCUT2D eigenvalue weighted by Gasteiger charge is -2.08. The highest BCUT2D eigenvalue weighted by molar-refractivity contribution is 7.10. The molecule has 2 aromatic carbocycles. The Kier molecular flexibility index (Phi) is 4.93. The fourth-order valence-corrected chi connectivity index (χ4v) is 3.62. The Morgan fingerprint density at radius 2 is 2.04 bits per heavy atom. The fourth-order valence-electron chi connectivity index (χ4n) is 2.51. The summed E-state index contributed by atoms with van der Waals surface area (Å²) in [5.74, 6) is -2.62. The van der Waals surface area contributed by atoms with Crippen LogP contribution in [-0.4, -0.2) is 10.8 Å². The van der Waals surface area contributed by atoms with Crippen LogP contribution in [0.25, 0.3) is 11.3 Å². The molecule has 1 atom stereocenters. The number of ketones is 1. The van der Waals surface area contributed by atoms with Crippen LogP contribution in [0.3, 0.4) is 0 Å². The van der Waals surface area contributed by atoms with E-state index in [0.717, 1.165) is 17.2 Å². The first-order valence-electron chi connectivity index (χ1n) is 7.42. The molecule has 1 aromatic heterocycles. The number of hydrogen-bond donors (Lipinski definition) is 0. The summed E-state index contributed by atoms with van der Waals surface area (Å²) in [4.78, 5) is 17.1. The largest absolute Gasteiger partial charge is 0.292 e. The maximum Gasteiger partial charge on any atom is 0.191 e. The van der Waals surface area contributed by atoms with Gasteiger partial charge >= 0.3 is 0 Å². The zero-order valence-corrected chi connectivity index (χ0v) is 14.7. The first kappa shape index (κ1) is 17.3. The number of thiazole rings is 1. The number of nitriles is 1. The van der Waals surface area contributed by atoms with E-state index in [1.54, 1.807) is 5.38 Å². The number of halogens is 2. The zero-order valence-electron chi connectivity index (χ0n) is 13.2. The molecule has 0 spiro atoms. The molecular formula is C19H12ClFN2OS. The van der Waals surface area contributed by atoms with Gasteiger partial charge in [0.15, 0.2) is 11.7 Å². The molecule has 1 unspecified atom stereocenters. The summed E-state index contributed by atoms with van der Waals surface area (Å²) in [6.45, 7) is 1.96. The minimum atomic E-state index is -1.20. The molecule has 3 aromatic rings. The molecule has 0 radical (unpaired) electrons. The Hall–Kier alpha value is -2.55. The van der Waals surface area contributed by atoms with Crippen molar-refractivity contribution in [3.8, 4) is 17.3 Å². The second-order valence-corrected chi connectivity index (χ2v) is 6.71. The van der Waals surface area contributed by atoms with Crippen LogP contribution >= 0.6 is 22.9 Å². The Balaban J connectivity index is 1.99. The van der Waals surface area contributed by atoms with Gasteiger partial charge in [-0.25, -0.2) is 9.37 Å². The van der Waals surface area contributed by atoms with Gasteiger partial charge in [-0.3, -0.25) is 4.79 Å². The van der Waals surface area contributed by atoms with Crippen molar-refractivity contribution >= 4 is 28.7 Å². The summed E-state index contributed by atoms with van der Waals surface area (Å²) >= 11 is 7.15. The molecule has 0 saturated carbocycles. The standard InChI is InChI=1S/C19H12ClFN2OS/c1-11-5-2-3-6-12(11)16-10-25-19(23-16)13(9-22)18(24)17-14(20)7-4-8-15(17)21/h2-8,10,13H,1H3. The average molecular weight is 371 g/mol. The SMILES string of the molecule is Cc1ccccc1-c1csc(C(C#N)C(=O)c2c(F)cccc2Cl)n1. The molecule has 0 N–H and O–H groups in total. The molecule has 0 bridgehead atoms. The normalized spacial score (nSPS) is 11.8. The summed E-state index contributed by atoms with van der Waals surface area (Å²) < 4.78 is 14.0. The van der Waals surface area contributed by atoms with Gasteiger partial charge in [0.1, 0.15) is 10.8 Å². The van der Waals surface area contributed by atoms with Crippen LogP contribution in [0.4, 0.5) is 4.39 Å². The van der Waals surface area contributed by atoms with Crippen LogP contribution in [0.1, 0.15) is 26.8 Å². The highest BCUT2D eigenvalue weighted by Crippen LogP contribution is 2.32. The van der Waals surface area contributed by atoms with Gasteiger partial charge in [-0.2, -0.15) is 5.26 Å². The second-order valence-electron chi connectivity index (χ2n) is 5.41. The zero-order chi connectivity index (χ0) is 18.0. The highest BCUT2D eigenvalue weighted by Gasteiger charge is 2.29. The van der Waals surface area contributed by atoms with Crippen LogP contribution in [0.5, 0.6) is 0 Å². The molecule has 0 amide bonds. The van der Waals surface area contributed by atoms with Crippen molar-refractivity contribution in [1.82, 2.24) is 4.98 Å². The van der Waals surface area contributed by atoms with Crippen molar-refractivity contribution in [1.29, 1.82) is 5.26 Å². The molecule has 1 heterocycles. The van der Waals surface area contributed by atoms with E-state index in [2.05, 4.69) is 4.98 Å². The van der Waals surface area contributed by atoms with E-state index in [-0.39, 0.29) is 10.6 Å². The van der Waals surface area contributed by atoms with Gasteiger partial charge in [-0.05, 0) is 24.6 Å². The van der Waals surface area contributed by atoms with Gasteiger partial charge in [0.25, 0.3) is 0 Å². The molecule has 0 aliphatic heterocycles. The average Bonchev–Trinajstić information content (AvgIpc) is 3.05. The van der Waals surface area contributed by atoms with Crippen LogP contribution in [0.15, 0.2) is 47.8 Å². The number of benzene rings is 2. The van der Waals surface area contributed by atoms with E-state index in [0.29, 0.717) is 10.7 Å². The number of Topliss-reactive ketones (excluding diaryl/α,β-unsaturated/α-hetero) is 1. The molecule has 3 rings (SSSR count). The number of aryl methyl sites for hydroxylation is 1. The van der Waals surface area contributed by atoms with Gasteiger partial charge < -0.3 is 0 Å². The van der Waals surface area contributed by atoms with Gasteiger partial charge in [0.2, 0.25) is 0 Å². The molecular weight excluding hydrogens is 359 g/mol. The van der Waals surface area contributed by atoms with Crippen molar-refractivity contribution in [2.45, 2.75) is 12.8 Å². The summed E-state index contributed by atoms with van der Waals surface area (Å²) in [6.07, 6.45) is 0. The first-order chi connectivity index (χ1) is 12.0. The van der Waals surface area contributed by atoms with Gasteiger partial charge in [0, 0.05) is 10.9 Å². The lowest BCUT2D eigenvalue weighted by Crippen LogP contribution is -2.13. The lowest BCUT2D eigenvalue weighted by molar-refractivity contribution is 0.0975. The summed E-state index contributed by atoms with van der Waals surface area (Å²) in [7, 11) is 0. The number of aromatic nitrogens is 1. The highest BCUT2D eigenvalue weighted by atomic mass is 35.5. The predicted octanol–water partition coefficient (Wildman–Crippen LogP) is 5.40. The van der Waals surface area contributed by atoms with Crippen LogP contribution < -0.4 is 0 Å². The minimum absolute atomic E-state index is 0.0130. The molecule has 0 fully saturated rings. The van der Waals surface area contributed by atoms with Crippen LogP contribution in [0.2, 0.25) is 5.02 Å². The monoisotopic (exact) mass is 370 g/mol. The molecule has 6 heteroatoms. The summed E-state index contributed by atoms with van der Waals surface area (Å²) in [5.41, 5.74) is 2.38. The van der Waals surface area contributed by atoms with Gasteiger partial charge in [-0.1, -0.05) is 41.9 Å². The summed E-state index contributed by atoms with van der Waals surface area (Å²) in [5, 5.41) is 11.6. The third kappa shape index (κ3) is 3.32. The van der Waals surface area contributed by atoms with E-state index in [9.17, 15) is 14.4 Å². The van der Waals surface area contributed by atoms with Crippen molar-refractivity contribution < 1.29 is 9.18 Å². The van der Waals surface area contributed by atoms with Gasteiger partial charge in [-0.15, -0.1) is 11.3 Å². The minimum Gasteiger partial charge on any atom is -0.292 e. The fraction of sp³-hybridized carbons (Fsp3) is 0.105. The van der Waals surface area contributed by atoms with Crippen molar-refractivity contribution in [3.05, 3.63) is 74.8 Å². The van der Waals surface area contributed by atoms with Crippen LogP contribution in [0, 0.1) is 24.1 Å². The third-order valence-corrected chi connectivity index (χ3v) is 5.01. The maximum absolute atomic E-state index is 14.0. The molecule has 0 saturated heterocycles. The van der Waals surface area contributed by atoms with Gasteiger partial charge in [0.05, 0.1) is 22.3 Å². The molecule has 124 valence electrons. The predicted molar refractivity (Wildman–Crippen MR) is 96.4 cm³/mol. The third-order valence-electron chi connectivity index (χ3n) is 3.79. The van der Waals surface area contributed by atoms with E-state index >= 15 is 0 Å². The smallest absolute Gasteiger partial charge is 0.191 e. The van der Waals surface area contributed by atoms with Crippen molar-refractivity contribution in [2.75, 3.05) is 0 Å². The van der Waals surface area contributed by atoms with Crippen molar-refractivity contribution in [2.24, 2.45) is 0 Å². The van der Waals surface area contributed by atoms with E-state index in [1.807, 2.05) is 37.3 Å². The number of carbonyl (C=O) groups is 1. The van der Waals surface area contributed by atoms with Crippen LogP contribution in [-0.2, 0) is 0 Å².